The molecule has 2 saturated heterocycles. The van der Waals surface area contributed by atoms with Crippen LogP contribution in [0.4, 0.5) is 4.39 Å². The molecule has 0 radical (unpaired) electrons. The Labute approximate surface area is 164 Å². The summed E-state index contributed by atoms with van der Waals surface area (Å²) >= 11 is 0. The zero-order valence-corrected chi connectivity index (χ0v) is 16.3. The standard InChI is InChI=1S/C22H26FN3O2/c1-3-28-16-4-5-18(23)17(13-16)15-8-11-24-20(12-15)19-7-10-22(26-19)9-6-14(2)25-21(22)27/h4-5,8,11-14,19,26H,3,6-7,9-10H2,1-2H3,(H,25,27)/t14-,19+,22?/m0/s1. The average Bonchev–Trinajstić information content (AvgIpc) is 3.13. The van der Waals surface area contributed by atoms with Crippen LogP contribution >= 0.6 is 0 Å². The third kappa shape index (κ3) is 3.49. The van der Waals surface area contributed by atoms with E-state index in [9.17, 15) is 9.18 Å². The number of nitrogens with zero attached hydrogens (tertiary/aromatic N) is 1. The first-order chi connectivity index (χ1) is 13.5. The van der Waals surface area contributed by atoms with Gasteiger partial charge in [0.05, 0.1) is 23.9 Å². The van der Waals surface area contributed by atoms with Crippen molar-refractivity contribution in [3.05, 3.63) is 48.0 Å². The summed E-state index contributed by atoms with van der Waals surface area (Å²) in [5, 5.41) is 6.59. The maximum atomic E-state index is 14.4. The number of ether oxygens (including phenoxy) is 1. The highest BCUT2D eigenvalue weighted by molar-refractivity contribution is 5.87. The number of hydrogen-bond donors (Lipinski definition) is 2. The molecule has 1 aromatic heterocycles. The molecule has 0 saturated carbocycles. The Bertz CT molecular complexity index is 888. The number of carbonyl (C=O) groups excluding carboxylic acids is 1. The number of amides is 1. The summed E-state index contributed by atoms with van der Waals surface area (Å²) in [7, 11) is 0. The van der Waals surface area contributed by atoms with E-state index in [1.807, 2.05) is 19.9 Å². The number of halogens is 1. The fourth-order valence-corrected chi connectivity index (χ4v) is 4.27. The predicted octanol–water partition coefficient (Wildman–Crippen LogP) is 3.75. The Morgan fingerprint density at radius 3 is 2.86 bits per heavy atom. The van der Waals surface area contributed by atoms with Gasteiger partial charge in [0.2, 0.25) is 5.91 Å². The fraction of sp³-hybridized carbons (Fsp3) is 0.455. The average molecular weight is 383 g/mol. The smallest absolute Gasteiger partial charge is 0.240 e. The summed E-state index contributed by atoms with van der Waals surface area (Å²) in [5.41, 5.74) is 1.58. The highest BCUT2D eigenvalue weighted by Gasteiger charge is 2.47. The highest BCUT2D eigenvalue weighted by atomic mass is 19.1. The van der Waals surface area contributed by atoms with Crippen molar-refractivity contribution in [2.45, 2.75) is 57.2 Å². The first-order valence-corrected chi connectivity index (χ1v) is 9.98. The van der Waals surface area contributed by atoms with Crippen LogP contribution in [-0.4, -0.2) is 29.1 Å². The summed E-state index contributed by atoms with van der Waals surface area (Å²) in [4.78, 5) is 17.1. The van der Waals surface area contributed by atoms with Crippen molar-refractivity contribution in [3.8, 4) is 16.9 Å². The molecular weight excluding hydrogens is 357 g/mol. The molecule has 1 unspecified atom stereocenters. The molecule has 2 aliphatic rings. The molecule has 0 bridgehead atoms. The molecule has 1 amide bonds. The number of pyridine rings is 1. The third-order valence-corrected chi connectivity index (χ3v) is 5.82. The van der Waals surface area contributed by atoms with E-state index in [-0.39, 0.29) is 23.8 Å². The summed E-state index contributed by atoms with van der Waals surface area (Å²) in [6.07, 6.45) is 5.12. The molecule has 3 atom stereocenters. The van der Waals surface area contributed by atoms with Crippen molar-refractivity contribution in [1.29, 1.82) is 0 Å². The van der Waals surface area contributed by atoms with Crippen LogP contribution in [0, 0.1) is 5.82 Å². The van der Waals surface area contributed by atoms with Gasteiger partial charge in [-0.3, -0.25) is 15.1 Å². The Kier molecular flexibility index (Phi) is 5.06. The van der Waals surface area contributed by atoms with E-state index < -0.39 is 5.54 Å². The number of benzene rings is 1. The second-order valence-corrected chi connectivity index (χ2v) is 7.77. The summed E-state index contributed by atoms with van der Waals surface area (Å²) < 4.78 is 19.9. The van der Waals surface area contributed by atoms with E-state index in [0.717, 1.165) is 36.9 Å². The quantitative estimate of drug-likeness (QED) is 0.844. The lowest BCUT2D eigenvalue weighted by Gasteiger charge is -2.36. The molecule has 6 heteroatoms. The van der Waals surface area contributed by atoms with Gasteiger partial charge < -0.3 is 10.1 Å². The molecule has 28 heavy (non-hydrogen) atoms. The molecule has 2 fully saturated rings. The first-order valence-electron chi connectivity index (χ1n) is 9.98. The first kappa shape index (κ1) is 18.9. The topological polar surface area (TPSA) is 63.2 Å². The van der Waals surface area contributed by atoms with Crippen LogP contribution < -0.4 is 15.4 Å². The molecule has 148 valence electrons. The number of carbonyl (C=O) groups is 1. The molecule has 4 rings (SSSR count). The molecule has 5 nitrogen and oxygen atoms in total. The van der Waals surface area contributed by atoms with Gasteiger partial charge in [0.15, 0.2) is 0 Å². The van der Waals surface area contributed by atoms with Crippen LogP contribution in [0.3, 0.4) is 0 Å². The normalized spacial score (nSPS) is 27.0. The Balaban J connectivity index is 1.59. The number of hydrogen-bond acceptors (Lipinski definition) is 4. The largest absolute Gasteiger partial charge is 0.494 e. The number of aromatic nitrogens is 1. The minimum Gasteiger partial charge on any atom is -0.494 e. The minimum atomic E-state index is -0.505. The lowest BCUT2D eigenvalue weighted by Crippen LogP contribution is -2.59. The molecule has 2 aliphatic heterocycles. The maximum absolute atomic E-state index is 14.4. The van der Waals surface area contributed by atoms with Crippen molar-refractivity contribution in [1.82, 2.24) is 15.6 Å². The molecule has 1 aromatic carbocycles. The van der Waals surface area contributed by atoms with Gasteiger partial charge in [0.25, 0.3) is 0 Å². The van der Waals surface area contributed by atoms with E-state index in [4.69, 9.17) is 4.74 Å². The van der Waals surface area contributed by atoms with Gasteiger partial charge in [-0.25, -0.2) is 4.39 Å². The maximum Gasteiger partial charge on any atom is 0.240 e. The van der Waals surface area contributed by atoms with Crippen LogP contribution in [-0.2, 0) is 4.79 Å². The van der Waals surface area contributed by atoms with Gasteiger partial charge in [0, 0.05) is 17.8 Å². The second kappa shape index (κ2) is 7.51. The van der Waals surface area contributed by atoms with E-state index in [0.29, 0.717) is 17.9 Å². The van der Waals surface area contributed by atoms with E-state index in [1.165, 1.54) is 6.07 Å². The number of piperidine rings is 1. The van der Waals surface area contributed by atoms with Crippen LogP contribution in [0.5, 0.6) is 5.75 Å². The van der Waals surface area contributed by atoms with Crippen molar-refractivity contribution >= 4 is 5.91 Å². The number of rotatable bonds is 4. The van der Waals surface area contributed by atoms with Gasteiger partial charge in [-0.15, -0.1) is 0 Å². The molecule has 3 heterocycles. The molecule has 0 aliphatic carbocycles. The zero-order valence-electron chi connectivity index (χ0n) is 16.3. The predicted molar refractivity (Wildman–Crippen MR) is 105 cm³/mol. The van der Waals surface area contributed by atoms with Gasteiger partial charge >= 0.3 is 0 Å². The Hall–Kier alpha value is -2.47. The molecule has 2 N–H and O–H groups in total. The second-order valence-electron chi connectivity index (χ2n) is 7.77. The van der Waals surface area contributed by atoms with Gasteiger partial charge in [0.1, 0.15) is 11.6 Å². The van der Waals surface area contributed by atoms with Crippen LogP contribution in [0.1, 0.15) is 51.3 Å². The van der Waals surface area contributed by atoms with Gasteiger partial charge in [-0.2, -0.15) is 0 Å². The third-order valence-electron chi connectivity index (χ3n) is 5.82. The van der Waals surface area contributed by atoms with Crippen molar-refractivity contribution in [2.24, 2.45) is 0 Å². The monoisotopic (exact) mass is 383 g/mol. The number of nitrogens with one attached hydrogen (secondary N) is 2. The Morgan fingerprint density at radius 1 is 1.25 bits per heavy atom. The van der Waals surface area contributed by atoms with Crippen LogP contribution in [0.15, 0.2) is 36.5 Å². The van der Waals surface area contributed by atoms with Crippen molar-refractivity contribution in [3.63, 3.8) is 0 Å². The van der Waals surface area contributed by atoms with Crippen molar-refractivity contribution in [2.75, 3.05) is 6.61 Å². The fourth-order valence-electron chi connectivity index (χ4n) is 4.27. The summed E-state index contributed by atoms with van der Waals surface area (Å²) in [6, 6.07) is 8.70. The lowest BCUT2D eigenvalue weighted by molar-refractivity contribution is -0.130. The molecule has 2 aromatic rings. The van der Waals surface area contributed by atoms with Crippen LogP contribution in [0.25, 0.3) is 11.1 Å². The zero-order chi connectivity index (χ0) is 19.7. The van der Waals surface area contributed by atoms with Gasteiger partial charge in [-0.05, 0) is 75.4 Å². The summed E-state index contributed by atoms with van der Waals surface area (Å²) in [5.74, 6) is 0.431. The highest BCUT2D eigenvalue weighted by Crippen LogP contribution is 2.38. The SMILES string of the molecule is CCOc1ccc(F)c(-c2ccnc([C@H]3CCC4(CC[C@H](C)NC4=O)N3)c2)c1. The van der Waals surface area contributed by atoms with Crippen LogP contribution in [0.2, 0.25) is 0 Å². The minimum absolute atomic E-state index is 0.0164. The molecular formula is C22H26FN3O2. The van der Waals surface area contributed by atoms with Gasteiger partial charge in [-0.1, -0.05) is 0 Å². The van der Waals surface area contributed by atoms with E-state index in [1.54, 1.807) is 24.4 Å². The lowest BCUT2D eigenvalue weighted by atomic mass is 9.85. The van der Waals surface area contributed by atoms with E-state index in [2.05, 4.69) is 15.6 Å². The van der Waals surface area contributed by atoms with Crippen molar-refractivity contribution < 1.29 is 13.9 Å². The summed E-state index contributed by atoms with van der Waals surface area (Å²) in [6.45, 7) is 4.46. The van der Waals surface area contributed by atoms with E-state index >= 15 is 0 Å². The molecule has 1 spiro atoms. The Morgan fingerprint density at radius 2 is 2.07 bits per heavy atom.